The average Bonchev–Trinajstić information content (AvgIpc) is 2.76. The Labute approximate surface area is 107 Å². The summed E-state index contributed by atoms with van der Waals surface area (Å²) in [5, 5.41) is 3.06. The van der Waals surface area contributed by atoms with Crippen LogP contribution in [0.2, 0.25) is 0 Å². The molecule has 0 aliphatic carbocycles. The van der Waals surface area contributed by atoms with Crippen molar-refractivity contribution in [2.45, 2.75) is 18.9 Å². The smallest absolute Gasteiger partial charge is 0.236 e. The maximum absolute atomic E-state index is 12.0. The molecule has 18 heavy (non-hydrogen) atoms. The number of amides is 2. The van der Waals surface area contributed by atoms with Gasteiger partial charge >= 0.3 is 0 Å². The van der Waals surface area contributed by atoms with E-state index in [1.54, 1.807) is 7.11 Å². The minimum Gasteiger partial charge on any atom is -0.383 e. The zero-order valence-electron chi connectivity index (χ0n) is 10.9. The summed E-state index contributed by atoms with van der Waals surface area (Å²) in [6.45, 7) is 3.68. The first-order valence-electron chi connectivity index (χ1n) is 6.49. The van der Waals surface area contributed by atoms with Gasteiger partial charge in [-0.3, -0.25) is 9.59 Å². The summed E-state index contributed by atoms with van der Waals surface area (Å²) in [5.41, 5.74) is 0. The van der Waals surface area contributed by atoms with E-state index < -0.39 is 0 Å². The van der Waals surface area contributed by atoms with E-state index in [0.29, 0.717) is 45.8 Å². The van der Waals surface area contributed by atoms with E-state index in [1.807, 2.05) is 9.80 Å². The zero-order valence-corrected chi connectivity index (χ0v) is 10.9. The molecule has 6 heteroatoms. The molecule has 0 spiro atoms. The largest absolute Gasteiger partial charge is 0.383 e. The Morgan fingerprint density at radius 2 is 2.33 bits per heavy atom. The highest BCUT2D eigenvalue weighted by Gasteiger charge is 2.36. The molecule has 2 aliphatic rings. The highest BCUT2D eigenvalue weighted by atomic mass is 16.5. The number of hydrogen-bond acceptors (Lipinski definition) is 4. The molecule has 2 saturated heterocycles. The van der Waals surface area contributed by atoms with Crippen LogP contribution in [-0.4, -0.2) is 74.1 Å². The lowest BCUT2D eigenvalue weighted by Crippen LogP contribution is -2.54. The van der Waals surface area contributed by atoms with Gasteiger partial charge in [0.2, 0.25) is 11.8 Å². The number of nitrogens with zero attached hydrogens (tertiary/aromatic N) is 2. The summed E-state index contributed by atoms with van der Waals surface area (Å²) in [4.78, 5) is 27.3. The number of methoxy groups -OCH3 is 1. The SMILES string of the molecule is COCCNCC(=O)N1CCN2C(=O)CCC2C1. The van der Waals surface area contributed by atoms with Gasteiger partial charge in [0.25, 0.3) is 0 Å². The molecule has 2 amide bonds. The van der Waals surface area contributed by atoms with Gasteiger partial charge in [0, 0.05) is 45.8 Å². The van der Waals surface area contributed by atoms with Crippen molar-refractivity contribution in [2.24, 2.45) is 0 Å². The fraction of sp³-hybridized carbons (Fsp3) is 0.833. The van der Waals surface area contributed by atoms with Crippen molar-refractivity contribution >= 4 is 11.8 Å². The van der Waals surface area contributed by atoms with E-state index >= 15 is 0 Å². The molecule has 0 aromatic carbocycles. The third-order valence-corrected chi connectivity index (χ3v) is 3.61. The number of piperazine rings is 1. The van der Waals surface area contributed by atoms with Gasteiger partial charge in [-0.15, -0.1) is 0 Å². The highest BCUT2D eigenvalue weighted by molar-refractivity contribution is 5.81. The summed E-state index contributed by atoms with van der Waals surface area (Å²) >= 11 is 0. The van der Waals surface area contributed by atoms with Crippen molar-refractivity contribution in [1.29, 1.82) is 0 Å². The molecule has 0 bridgehead atoms. The van der Waals surface area contributed by atoms with E-state index in [1.165, 1.54) is 0 Å². The maximum Gasteiger partial charge on any atom is 0.236 e. The first kappa shape index (κ1) is 13.3. The zero-order chi connectivity index (χ0) is 13.0. The van der Waals surface area contributed by atoms with Crippen molar-refractivity contribution in [2.75, 3.05) is 46.4 Å². The molecule has 6 nitrogen and oxygen atoms in total. The lowest BCUT2D eigenvalue weighted by molar-refractivity contribution is -0.138. The molecule has 2 heterocycles. The number of carbonyl (C=O) groups excluding carboxylic acids is 2. The Morgan fingerprint density at radius 3 is 3.11 bits per heavy atom. The molecule has 0 radical (unpaired) electrons. The van der Waals surface area contributed by atoms with Crippen molar-refractivity contribution in [3.05, 3.63) is 0 Å². The first-order valence-corrected chi connectivity index (χ1v) is 6.49. The van der Waals surface area contributed by atoms with Gasteiger partial charge in [0.05, 0.1) is 13.2 Å². The number of fused-ring (bicyclic) bond motifs is 1. The Bertz CT molecular complexity index is 322. The van der Waals surface area contributed by atoms with E-state index in [-0.39, 0.29) is 17.9 Å². The predicted octanol–water partition coefficient (Wildman–Crippen LogP) is -0.944. The van der Waals surface area contributed by atoms with Crippen LogP contribution in [0.25, 0.3) is 0 Å². The Hall–Kier alpha value is -1.14. The van der Waals surface area contributed by atoms with Crippen molar-refractivity contribution in [3.8, 4) is 0 Å². The second-order valence-corrected chi connectivity index (χ2v) is 4.79. The summed E-state index contributed by atoms with van der Waals surface area (Å²) < 4.78 is 4.91. The molecular weight excluding hydrogens is 234 g/mol. The molecule has 102 valence electrons. The Balaban J connectivity index is 1.74. The van der Waals surface area contributed by atoms with Crippen LogP contribution in [0.15, 0.2) is 0 Å². The number of hydrogen-bond donors (Lipinski definition) is 1. The second kappa shape index (κ2) is 6.15. The number of ether oxygens (including phenoxy) is 1. The summed E-state index contributed by atoms with van der Waals surface area (Å²) in [7, 11) is 1.64. The maximum atomic E-state index is 12.0. The quantitative estimate of drug-likeness (QED) is 0.644. The van der Waals surface area contributed by atoms with Gasteiger partial charge in [-0.25, -0.2) is 0 Å². The molecule has 2 fully saturated rings. The van der Waals surface area contributed by atoms with Crippen LogP contribution in [0.3, 0.4) is 0 Å². The Morgan fingerprint density at radius 1 is 1.50 bits per heavy atom. The highest BCUT2D eigenvalue weighted by Crippen LogP contribution is 2.22. The van der Waals surface area contributed by atoms with Crippen LogP contribution in [0, 0.1) is 0 Å². The molecule has 2 aliphatic heterocycles. The minimum absolute atomic E-state index is 0.116. The average molecular weight is 255 g/mol. The van der Waals surface area contributed by atoms with Gasteiger partial charge in [0.15, 0.2) is 0 Å². The van der Waals surface area contributed by atoms with E-state index in [0.717, 1.165) is 6.42 Å². The standard InChI is InChI=1S/C12H21N3O3/c1-18-7-4-13-8-12(17)14-5-6-15-10(9-14)2-3-11(15)16/h10,13H,2-9H2,1H3. The predicted molar refractivity (Wildman–Crippen MR) is 66.1 cm³/mol. The third kappa shape index (κ3) is 3.00. The minimum atomic E-state index is 0.116. The molecule has 0 aromatic heterocycles. The fourth-order valence-corrected chi connectivity index (χ4v) is 2.57. The molecule has 0 saturated carbocycles. The van der Waals surface area contributed by atoms with E-state index in [4.69, 9.17) is 4.74 Å². The van der Waals surface area contributed by atoms with Gasteiger partial charge in [0.1, 0.15) is 0 Å². The monoisotopic (exact) mass is 255 g/mol. The van der Waals surface area contributed by atoms with Crippen molar-refractivity contribution < 1.29 is 14.3 Å². The van der Waals surface area contributed by atoms with Gasteiger partial charge in [-0.05, 0) is 6.42 Å². The second-order valence-electron chi connectivity index (χ2n) is 4.79. The number of carbonyl (C=O) groups is 2. The molecule has 1 atom stereocenters. The summed E-state index contributed by atoms with van der Waals surface area (Å²) in [6.07, 6.45) is 1.53. The summed E-state index contributed by atoms with van der Waals surface area (Å²) in [5.74, 6) is 0.357. The normalized spacial score (nSPS) is 23.4. The van der Waals surface area contributed by atoms with Crippen molar-refractivity contribution in [1.82, 2.24) is 15.1 Å². The van der Waals surface area contributed by atoms with E-state index in [9.17, 15) is 9.59 Å². The lowest BCUT2D eigenvalue weighted by atomic mass is 10.1. The topological polar surface area (TPSA) is 61.9 Å². The molecule has 0 aromatic rings. The van der Waals surface area contributed by atoms with Crippen LogP contribution < -0.4 is 5.32 Å². The molecule has 2 rings (SSSR count). The van der Waals surface area contributed by atoms with Crippen LogP contribution >= 0.6 is 0 Å². The van der Waals surface area contributed by atoms with Crippen LogP contribution in [0.5, 0.6) is 0 Å². The van der Waals surface area contributed by atoms with E-state index in [2.05, 4.69) is 5.32 Å². The molecule has 1 unspecified atom stereocenters. The number of rotatable bonds is 5. The van der Waals surface area contributed by atoms with Gasteiger partial charge in [-0.2, -0.15) is 0 Å². The fourth-order valence-electron chi connectivity index (χ4n) is 2.57. The first-order chi connectivity index (χ1) is 8.72. The lowest BCUT2D eigenvalue weighted by Gasteiger charge is -2.37. The van der Waals surface area contributed by atoms with Crippen LogP contribution in [-0.2, 0) is 14.3 Å². The van der Waals surface area contributed by atoms with Crippen LogP contribution in [0.4, 0.5) is 0 Å². The van der Waals surface area contributed by atoms with Gasteiger partial charge in [-0.1, -0.05) is 0 Å². The molecular formula is C12H21N3O3. The Kier molecular flexibility index (Phi) is 4.54. The number of nitrogens with one attached hydrogen (secondary N) is 1. The van der Waals surface area contributed by atoms with Crippen LogP contribution in [0.1, 0.15) is 12.8 Å². The van der Waals surface area contributed by atoms with Gasteiger partial charge < -0.3 is 19.9 Å². The molecule has 1 N–H and O–H groups in total. The van der Waals surface area contributed by atoms with Crippen molar-refractivity contribution in [3.63, 3.8) is 0 Å². The summed E-state index contributed by atoms with van der Waals surface area (Å²) in [6, 6.07) is 0.245. The third-order valence-electron chi connectivity index (χ3n) is 3.61.